The van der Waals surface area contributed by atoms with Gasteiger partial charge in [0.15, 0.2) is 5.78 Å². The Morgan fingerprint density at radius 2 is 1.85 bits per heavy atom. The van der Waals surface area contributed by atoms with Gasteiger partial charge in [0.1, 0.15) is 0 Å². The quantitative estimate of drug-likeness (QED) is 0.605. The summed E-state index contributed by atoms with van der Waals surface area (Å²) in [5, 5.41) is 0. The highest BCUT2D eigenvalue weighted by Gasteiger charge is 2.13. The highest BCUT2D eigenvalue weighted by atomic mass is 16.1. The summed E-state index contributed by atoms with van der Waals surface area (Å²) in [5.74, 6) is 0.272. The van der Waals surface area contributed by atoms with E-state index in [2.05, 4.69) is 27.7 Å². The SMILES string of the molecule is CCCCC(=O)C=C(C)C(C)(C)C. The van der Waals surface area contributed by atoms with Crippen LogP contribution in [0.15, 0.2) is 11.6 Å². The van der Waals surface area contributed by atoms with E-state index in [1.54, 1.807) is 6.08 Å². The zero-order valence-electron chi connectivity index (χ0n) is 9.61. The highest BCUT2D eigenvalue weighted by molar-refractivity contribution is 5.90. The molecule has 0 fully saturated rings. The summed E-state index contributed by atoms with van der Waals surface area (Å²) in [5.41, 5.74) is 1.30. The normalized spacial score (nSPS) is 13.2. The largest absolute Gasteiger partial charge is 0.295 e. The number of carbonyl (C=O) groups is 1. The highest BCUT2D eigenvalue weighted by Crippen LogP contribution is 2.24. The van der Waals surface area contributed by atoms with Crippen LogP contribution in [0.2, 0.25) is 0 Å². The minimum atomic E-state index is 0.127. The molecule has 1 heteroatoms. The first-order valence-electron chi connectivity index (χ1n) is 5.09. The van der Waals surface area contributed by atoms with Crippen molar-refractivity contribution in [3.63, 3.8) is 0 Å². The van der Waals surface area contributed by atoms with E-state index < -0.39 is 0 Å². The molecule has 0 bridgehead atoms. The Balaban J connectivity index is 4.15. The third-order valence-electron chi connectivity index (χ3n) is 2.34. The smallest absolute Gasteiger partial charge is 0.155 e. The minimum Gasteiger partial charge on any atom is -0.295 e. The monoisotopic (exact) mass is 182 g/mol. The molecule has 0 spiro atoms. The Hall–Kier alpha value is -0.590. The van der Waals surface area contributed by atoms with Crippen LogP contribution in [0.4, 0.5) is 0 Å². The second-order valence-electron chi connectivity index (χ2n) is 4.65. The van der Waals surface area contributed by atoms with E-state index in [-0.39, 0.29) is 11.2 Å². The molecule has 0 amide bonds. The van der Waals surface area contributed by atoms with Crippen LogP contribution in [0, 0.1) is 5.41 Å². The predicted octanol–water partition coefficient (Wildman–Crippen LogP) is 3.74. The van der Waals surface area contributed by atoms with Crippen LogP contribution in [-0.4, -0.2) is 5.78 Å². The maximum atomic E-state index is 11.4. The molecule has 0 saturated heterocycles. The molecule has 0 radical (unpaired) electrons. The minimum absolute atomic E-state index is 0.127. The Labute approximate surface area is 82.2 Å². The van der Waals surface area contributed by atoms with Gasteiger partial charge in [-0.15, -0.1) is 0 Å². The molecule has 0 unspecified atom stereocenters. The summed E-state index contributed by atoms with van der Waals surface area (Å²) in [6.45, 7) is 10.5. The lowest BCUT2D eigenvalue weighted by atomic mass is 9.86. The predicted molar refractivity (Wildman–Crippen MR) is 57.7 cm³/mol. The summed E-state index contributed by atoms with van der Waals surface area (Å²) in [4.78, 5) is 11.4. The molecular weight excluding hydrogens is 160 g/mol. The van der Waals surface area contributed by atoms with E-state index in [0.29, 0.717) is 6.42 Å². The van der Waals surface area contributed by atoms with Crippen molar-refractivity contribution in [3.05, 3.63) is 11.6 Å². The van der Waals surface area contributed by atoms with Crippen molar-refractivity contribution >= 4 is 5.78 Å². The Morgan fingerprint density at radius 1 is 1.31 bits per heavy atom. The van der Waals surface area contributed by atoms with Gasteiger partial charge >= 0.3 is 0 Å². The third-order valence-corrected chi connectivity index (χ3v) is 2.34. The zero-order chi connectivity index (χ0) is 10.5. The number of allylic oxidation sites excluding steroid dienone is 2. The fourth-order valence-corrected chi connectivity index (χ4v) is 0.881. The molecule has 0 aliphatic rings. The van der Waals surface area contributed by atoms with Crippen LogP contribution in [0.5, 0.6) is 0 Å². The summed E-state index contributed by atoms with van der Waals surface area (Å²) in [7, 11) is 0. The van der Waals surface area contributed by atoms with Crippen LogP contribution in [0.3, 0.4) is 0 Å². The van der Waals surface area contributed by atoms with E-state index in [9.17, 15) is 4.79 Å². The van der Waals surface area contributed by atoms with Crippen LogP contribution in [-0.2, 0) is 4.79 Å². The number of rotatable bonds is 4. The van der Waals surface area contributed by atoms with Gasteiger partial charge in [-0.1, -0.05) is 39.7 Å². The van der Waals surface area contributed by atoms with Gasteiger partial charge in [-0.25, -0.2) is 0 Å². The lowest BCUT2D eigenvalue weighted by Crippen LogP contribution is -2.08. The molecule has 0 rings (SSSR count). The molecule has 0 aromatic carbocycles. The molecule has 0 aromatic rings. The van der Waals surface area contributed by atoms with Crippen LogP contribution in [0.1, 0.15) is 53.9 Å². The van der Waals surface area contributed by atoms with Crippen molar-refractivity contribution in [1.29, 1.82) is 0 Å². The molecule has 0 aliphatic heterocycles. The molecule has 0 atom stereocenters. The maximum absolute atomic E-state index is 11.4. The molecule has 0 aliphatic carbocycles. The molecule has 1 nitrogen and oxygen atoms in total. The number of ketones is 1. The van der Waals surface area contributed by atoms with Gasteiger partial charge in [0.2, 0.25) is 0 Å². The summed E-state index contributed by atoms with van der Waals surface area (Å²) in [6, 6.07) is 0. The number of hydrogen-bond acceptors (Lipinski definition) is 1. The first kappa shape index (κ1) is 12.4. The van der Waals surface area contributed by atoms with Crippen molar-refractivity contribution in [3.8, 4) is 0 Å². The zero-order valence-corrected chi connectivity index (χ0v) is 9.61. The van der Waals surface area contributed by atoms with E-state index in [1.807, 2.05) is 6.92 Å². The van der Waals surface area contributed by atoms with Crippen molar-refractivity contribution in [2.45, 2.75) is 53.9 Å². The lowest BCUT2D eigenvalue weighted by molar-refractivity contribution is -0.114. The Morgan fingerprint density at radius 3 is 2.23 bits per heavy atom. The van der Waals surface area contributed by atoms with Crippen molar-refractivity contribution in [1.82, 2.24) is 0 Å². The third kappa shape index (κ3) is 5.62. The standard InChI is InChI=1S/C12H22O/c1-6-7-8-11(13)9-10(2)12(3,4)5/h9H,6-8H2,1-5H3. The number of hydrogen-bond donors (Lipinski definition) is 0. The molecule has 0 heterocycles. The van der Waals surface area contributed by atoms with Gasteiger partial charge in [-0.05, 0) is 24.8 Å². The maximum Gasteiger partial charge on any atom is 0.155 e. The molecule has 0 N–H and O–H groups in total. The lowest BCUT2D eigenvalue weighted by Gasteiger charge is -2.18. The van der Waals surface area contributed by atoms with Crippen LogP contribution >= 0.6 is 0 Å². The van der Waals surface area contributed by atoms with Crippen LogP contribution in [0.25, 0.3) is 0 Å². The van der Waals surface area contributed by atoms with Gasteiger partial charge in [0.25, 0.3) is 0 Å². The van der Waals surface area contributed by atoms with Gasteiger partial charge in [-0.3, -0.25) is 4.79 Å². The van der Waals surface area contributed by atoms with Crippen molar-refractivity contribution in [2.24, 2.45) is 5.41 Å². The molecule has 0 saturated carbocycles. The average Bonchev–Trinajstić information content (AvgIpc) is 1.99. The van der Waals surface area contributed by atoms with E-state index >= 15 is 0 Å². The van der Waals surface area contributed by atoms with Gasteiger partial charge in [0.05, 0.1) is 0 Å². The second kappa shape index (κ2) is 5.21. The summed E-state index contributed by atoms with van der Waals surface area (Å²) in [6.07, 6.45) is 4.60. The number of unbranched alkanes of at least 4 members (excludes halogenated alkanes) is 1. The van der Waals surface area contributed by atoms with E-state index in [0.717, 1.165) is 12.8 Å². The first-order chi connectivity index (χ1) is 5.88. The fraction of sp³-hybridized carbons (Fsp3) is 0.750. The first-order valence-corrected chi connectivity index (χ1v) is 5.09. The van der Waals surface area contributed by atoms with Gasteiger partial charge < -0.3 is 0 Å². The molecular formula is C12H22O. The summed E-state index contributed by atoms with van der Waals surface area (Å²) >= 11 is 0. The number of carbonyl (C=O) groups excluding carboxylic acids is 1. The van der Waals surface area contributed by atoms with Gasteiger partial charge in [0, 0.05) is 6.42 Å². The Kier molecular flexibility index (Phi) is 4.97. The Bertz CT molecular complexity index is 194. The fourth-order valence-electron chi connectivity index (χ4n) is 0.881. The van der Waals surface area contributed by atoms with Crippen LogP contribution < -0.4 is 0 Å². The molecule has 13 heavy (non-hydrogen) atoms. The van der Waals surface area contributed by atoms with Crippen molar-refractivity contribution in [2.75, 3.05) is 0 Å². The topological polar surface area (TPSA) is 17.1 Å². The summed E-state index contributed by atoms with van der Waals surface area (Å²) < 4.78 is 0. The average molecular weight is 182 g/mol. The van der Waals surface area contributed by atoms with E-state index in [4.69, 9.17) is 0 Å². The van der Waals surface area contributed by atoms with E-state index in [1.165, 1.54) is 5.57 Å². The van der Waals surface area contributed by atoms with Crippen molar-refractivity contribution < 1.29 is 4.79 Å². The molecule has 76 valence electrons. The van der Waals surface area contributed by atoms with Gasteiger partial charge in [-0.2, -0.15) is 0 Å². The molecule has 0 aromatic heterocycles. The second-order valence-corrected chi connectivity index (χ2v) is 4.65.